The lowest BCUT2D eigenvalue weighted by Gasteiger charge is -2.40. The van der Waals surface area contributed by atoms with Crippen LogP contribution in [0.15, 0.2) is 29.0 Å². The lowest BCUT2D eigenvalue weighted by atomic mass is 9.87. The van der Waals surface area contributed by atoms with Crippen molar-refractivity contribution < 1.29 is 4.52 Å². The highest BCUT2D eigenvalue weighted by atomic mass is 16.5. The SMILES string of the molecule is c1cncc(-c2noc(C3CN(CC4CCCCC4)C3)n2)c1. The molecule has 2 aromatic rings. The van der Waals surface area contributed by atoms with Gasteiger partial charge in [0.25, 0.3) is 0 Å². The summed E-state index contributed by atoms with van der Waals surface area (Å²) in [7, 11) is 0. The second-order valence-electron chi connectivity index (χ2n) is 6.62. The third kappa shape index (κ3) is 2.90. The van der Waals surface area contributed by atoms with Crippen LogP contribution in [0, 0.1) is 5.92 Å². The topological polar surface area (TPSA) is 55.1 Å². The highest BCUT2D eigenvalue weighted by molar-refractivity contribution is 5.51. The molecule has 116 valence electrons. The Morgan fingerprint density at radius 2 is 2.05 bits per heavy atom. The standard InChI is InChI=1S/C17H22N4O/c1-2-5-13(6-3-1)10-21-11-15(12-21)17-19-16(20-22-17)14-7-4-8-18-9-14/h4,7-9,13,15H,1-3,5-6,10-12H2. The first kappa shape index (κ1) is 13.9. The van der Waals surface area contributed by atoms with E-state index in [1.807, 2.05) is 12.1 Å². The van der Waals surface area contributed by atoms with Gasteiger partial charge in [-0.3, -0.25) is 4.98 Å². The minimum Gasteiger partial charge on any atom is -0.339 e. The Hall–Kier alpha value is -1.75. The maximum absolute atomic E-state index is 5.45. The van der Waals surface area contributed by atoms with Gasteiger partial charge < -0.3 is 9.42 Å². The predicted octanol–water partition coefficient (Wildman–Crippen LogP) is 3.11. The number of hydrogen-bond acceptors (Lipinski definition) is 5. The van der Waals surface area contributed by atoms with Crippen LogP contribution in [0.4, 0.5) is 0 Å². The van der Waals surface area contributed by atoms with Crippen molar-refractivity contribution >= 4 is 0 Å². The molecule has 0 amide bonds. The molecule has 2 aromatic heterocycles. The molecule has 5 heteroatoms. The minimum absolute atomic E-state index is 0.404. The van der Waals surface area contributed by atoms with E-state index < -0.39 is 0 Å². The summed E-state index contributed by atoms with van der Waals surface area (Å²) in [6, 6.07) is 3.85. The zero-order valence-corrected chi connectivity index (χ0v) is 12.8. The van der Waals surface area contributed by atoms with Gasteiger partial charge in [0.2, 0.25) is 11.7 Å². The monoisotopic (exact) mass is 298 g/mol. The quantitative estimate of drug-likeness (QED) is 0.868. The zero-order valence-electron chi connectivity index (χ0n) is 12.8. The summed E-state index contributed by atoms with van der Waals surface area (Å²) in [5.41, 5.74) is 0.913. The van der Waals surface area contributed by atoms with Gasteiger partial charge in [0, 0.05) is 37.6 Å². The molecule has 0 aromatic carbocycles. The van der Waals surface area contributed by atoms with Crippen molar-refractivity contribution in [1.29, 1.82) is 0 Å². The number of pyridine rings is 1. The van der Waals surface area contributed by atoms with Crippen molar-refractivity contribution in [3.8, 4) is 11.4 Å². The molecule has 0 N–H and O–H groups in total. The van der Waals surface area contributed by atoms with Gasteiger partial charge in [-0.2, -0.15) is 4.98 Å². The van der Waals surface area contributed by atoms with E-state index in [1.54, 1.807) is 12.4 Å². The fourth-order valence-electron chi connectivity index (χ4n) is 3.62. The molecule has 22 heavy (non-hydrogen) atoms. The second-order valence-corrected chi connectivity index (χ2v) is 6.62. The molecule has 0 atom stereocenters. The molecule has 1 aliphatic heterocycles. The number of likely N-dealkylation sites (tertiary alicyclic amines) is 1. The van der Waals surface area contributed by atoms with E-state index in [2.05, 4.69) is 20.0 Å². The molecule has 0 bridgehead atoms. The van der Waals surface area contributed by atoms with Gasteiger partial charge in [0.05, 0.1) is 5.92 Å². The zero-order chi connectivity index (χ0) is 14.8. The van der Waals surface area contributed by atoms with E-state index in [0.717, 1.165) is 30.5 Å². The molecule has 0 spiro atoms. The summed E-state index contributed by atoms with van der Waals surface area (Å²) in [6.45, 7) is 3.37. The summed E-state index contributed by atoms with van der Waals surface area (Å²) < 4.78 is 5.45. The Kier molecular flexibility index (Phi) is 3.89. The molecule has 2 fully saturated rings. The van der Waals surface area contributed by atoms with Gasteiger partial charge in [-0.05, 0) is 30.9 Å². The Labute approximate surface area is 130 Å². The molecule has 1 saturated heterocycles. The van der Waals surface area contributed by atoms with E-state index in [4.69, 9.17) is 4.52 Å². The van der Waals surface area contributed by atoms with Crippen LogP contribution in [-0.2, 0) is 0 Å². The predicted molar refractivity (Wildman–Crippen MR) is 83.3 cm³/mol. The first-order valence-electron chi connectivity index (χ1n) is 8.35. The Morgan fingerprint density at radius 1 is 1.18 bits per heavy atom. The average molecular weight is 298 g/mol. The first-order chi connectivity index (χ1) is 10.9. The molecule has 4 rings (SSSR count). The maximum atomic E-state index is 5.45. The summed E-state index contributed by atoms with van der Waals surface area (Å²) in [6.07, 6.45) is 10.6. The van der Waals surface area contributed by atoms with Gasteiger partial charge in [-0.25, -0.2) is 0 Å². The van der Waals surface area contributed by atoms with Crippen LogP contribution >= 0.6 is 0 Å². The Bertz CT molecular complexity index is 600. The molecule has 1 aliphatic carbocycles. The third-order valence-electron chi connectivity index (χ3n) is 4.91. The van der Waals surface area contributed by atoms with Crippen molar-refractivity contribution in [3.05, 3.63) is 30.4 Å². The summed E-state index contributed by atoms with van der Waals surface area (Å²) >= 11 is 0. The van der Waals surface area contributed by atoms with Crippen LogP contribution in [0.5, 0.6) is 0 Å². The minimum atomic E-state index is 0.404. The van der Waals surface area contributed by atoms with Gasteiger partial charge in [-0.15, -0.1) is 0 Å². The number of rotatable bonds is 4. The van der Waals surface area contributed by atoms with Crippen molar-refractivity contribution in [3.63, 3.8) is 0 Å². The highest BCUT2D eigenvalue weighted by Gasteiger charge is 2.33. The van der Waals surface area contributed by atoms with E-state index in [0.29, 0.717) is 11.7 Å². The van der Waals surface area contributed by atoms with Gasteiger partial charge in [0.1, 0.15) is 0 Å². The fourth-order valence-corrected chi connectivity index (χ4v) is 3.62. The Morgan fingerprint density at radius 3 is 2.82 bits per heavy atom. The van der Waals surface area contributed by atoms with Crippen LogP contribution in [0.2, 0.25) is 0 Å². The summed E-state index contributed by atoms with van der Waals surface area (Å²) in [5, 5.41) is 4.09. The van der Waals surface area contributed by atoms with E-state index in [9.17, 15) is 0 Å². The normalized spacial score (nSPS) is 20.9. The lowest BCUT2D eigenvalue weighted by Crippen LogP contribution is -2.47. The van der Waals surface area contributed by atoms with E-state index in [-0.39, 0.29) is 0 Å². The van der Waals surface area contributed by atoms with Crippen LogP contribution in [-0.4, -0.2) is 39.7 Å². The number of hydrogen-bond donors (Lipinski definition) is 0. The summed E-state index contributed by atoms with van der Waals surface area (Å²) in [4.78, 5) is 11.2. The maximum Gasteiger partial charge on any atom is 0.232 e. The molecule has 0 unspecified atom stereocenters. The van der Waals surface area contributed by atoms with E-state index in [1.165, 1.54) is 38.6 Å². The number of aromatic nitrogens is 3. The summed E-state index contributed by atoms with van der Waals surface area (Å²) in [5.74, 6) is 2.73. The lowest BCUT2D eigenvalue weighted by molar-refractivity contribution is 0.0948. The molecular weight excluding hydrogens is 276 g/mol. The van der Waals surface area contributed by atoms with Crippen molar-refractivity contribution in [1.82, 2.24) is 20.0 Å². The van der Waals surface area contributed by atoms with E-state index >= 15 is 0 Å². The van der Waals surface area contributed by atoms with Crippen LogP contribution < -0.4 is 0 Å². The second kappa shape index (κ2) is 6.16. The molecule has 1 saturated carbocycles. The molecular formula is C17H22N4O. The van der Waals surface area contributed by atoms with Crippen molar-refractivity contribution in [2.24, 2.45) is 5.92 Å². The van der Waals surface area contributed by atoms with Gasteiger partial charge in [0.15, 0.2) is 0 Å². The first-order valence-corrected chi connectivity index (χ1v) is 8.35. The number of nitrogens with zero attached hydrogens (tertiary/aromatic N) is 4. The average Bonchev–Trinajstić information content (AvgIpc) is 3.02. The fraction of sp³-hybridized carbons (Fsp3) is 0.588. The largest absolute Gasteiger partial charge is 0.339 e. The van der Waals surface area contributed by atoms with Crippen LogP contribution in [0.1, 0.15) is 43.9 Å². The molecule has 5 nitrogen and oxygen atoms in total. The van der Waals surface area contributed by atoms with Crippen LogP contribution in [0.3, 0.4) is 0 Å². The third-order valence-corrected chi connectivity index (χ3v) is 4.91. The van der Waals surface area contributed by atoms with Crippen LogP contribution in [0.25, 0.3) is 11.4 Å². The Balaban J connectivity index is 1.32. The molecule has 0 radical (unpaired) electrons. The highest BCUT2D eigenvalue weighted by Crippen LogP contribution is 2.31. The van der Waals surface area contributed by atoms with Crippen molar-refractivity contribution in [2.45, 2.75) is 38.0 Å². The van der Waals surface area contributed by atoms with Gasteiger partial charge in [-0.1, -0.05) is 24.4 Å². The van der Waals surface area contributed by atoms with Crippen molar-refractivity contribution in [2.75, 3.05) is 19.6 Å². The molecule has 2 aliphatic rings. The molecule has 3 heterocycles. The van der Waals surface area contributed by atoms with Gasteiger partial charge >= 0.3 is 0 Å². The smallest absolute Gasteiger partial charge is 0.232 e.